The summed E-state index contributed by atoms with van der Waals surface area (Å²) in [5.41, 5.74) is 8.62. The number of hydrogen-bond acceptors (Lipinski definition) is 5. The fourth-order valence-electron chi connectivity index (χ4n) is 2.99. The molecule has 0 atom stereocenters. The summed E-state index contributed by atoms with van der Waals surface area (Å²) in [7, 11) is 8.70. The number of nitrogens with two attached hydrogens (primary N) is 1. The van der Waals surface area contributed by atoms with Crippen LogP contribution in [0.1, 0.15) is 31.8 Å². The van der Waals surface area contributed by atoms with E-state index in [-0.39, 0.29) is 11.3 Å². The third-order valence-corrected chi connectivity index (χ3v) is 4.66. The van der Waals surface area contributed by atoms with Gasteiger partial charge in [-0.2, -0.15) is 0 Å². The highest BCUT2D eigenvalue weighted by Crippen LogP contribution is 2.31. The van der Waals surface area contributed by atoms with Gasteiger partial charge in [-0.25, -0.2) is 4.98 Å². The van der Waals surface area contributed by atoms with Crippen molar-refractivity contribution in [3.8, 4) is 5.75 Å². The van der Waals surface area contributed by atoms with Crippen molar-refractivity contribution in [3.63, 3.8) is 0 Å². The zero-order valence-electron chi connectivity index (χ0n) is 18.0. The van der Waals surface area contributed by atoms with Gasteiger partial charge in [-0.05, 0) is 42.8 Å². The molecule has 0 fully saturated rings. The summed E-state index contributed by atoms with van der Waals surface area (Å²) in [6.45, 7) is 1.82. The maximum absolute atomic E-state index is 13.0. The van der Waals surface area contributed by atoms with Crippen LogP contribution in [-0.4, -0.2) is 44.6 Å². The molecule has 0 saturated heterocycles. The van der Waals surface area contributed by atoms with Gasteiger partial charge in [-0.3, -0.25) is 14.6 Å². The number of ether oxygens (including phenoxy) is 1. The Kier molecular flexibility index (Phi) is 6.89. The lowest BCUT2D eigenvalue weighted by molar-refractivity contribution is 0.102. The number of pyridine rings is 1. The van der Waals surface area contributed by atoms with Crippen LogP contribution < -0.4 is 26.6 Å². The van der Waals surface area contributed by atoms with E-state index in [1.165, 1.54) is 13.3 Å². The quantitative estimate of drug-likeness (QED) is 0.316. The normalized spacial score (nSPS) is 11.0. The highest BCUT2D eigenvalue weighted by atomic mass is 16.5. The molecule has 1 aromatic heterocycles. The zero-order chi connectivity index (χ0) is 23.3. The fraction of sp³-hybridized carbons (Fsp3) is 0.130. The van der Waals surface area contributed by atoms with Crippen molar-refractivity contribution in [2.24, 2.45) is 10.7 Å². The minimum Gasteiger partial charge on any atom is -0.495 e. The number of anilines is 2. The van der Waals surface area contributed by atoms with E-state index in [1.54, 1.807) is 55.6 Å². The van der Waals surface area contributed by atoms with Gasteiger partial charge < -0.3 is 21.1 Å². The van der Waals surface area contributed by atoms with Gasteiger partial charge >= 0.3 is 0 Å². The van der Waals surface area contributed by atoms with Crippen LogP contribution in [0.2, 0.25) is 0 Å². The van der Waals surface area contributed by atoms with Crippen LogP contribution in [0.4, 0.5) is 11.5 Å². The lowest BCUT2D eigenvalue weighted by atomic mass is 9.99. The molecule has 32 heavy (non-hydrogen) atoms. The summed E-state index contributed by atoms with van der Waals surface area (Å²) < 4.78 is 5.43. The first-order chi connectivity index (χ1) is 15.3. The molecule has 4 N–H and O–H groups in total. The van der Waals surface area contributed by atoms with E-state index in [0.29, 0.717) is 34.0 Å². The average molecular weight is 427 g/mol. The van der Waals surface area contributed by atoms with Gasteiger partial charge in [0.2, 0.25) is 0 Å². The molecule has 0 aliphatic heterocycles. The second-order valence-corrected chi connectivity index (χ2v) is 6.96. The fourth-order valence-corrected chi connectivity index (χ4v) is 2.99. The molecule has 2 radical (unpaired) electrons. The molecular formula is C23H22BN5O3. The third-order valence-electron chi connectivity index (χ3n) is 4.66. The van der Waals surface area contributed by atoms with Gasteiger partial charge in [-0.15, -0.1) is 0 Å². The lowest BCUT2D eigenvalue weighted by Crippen LogP contribution is -2.20. The van der Waals surface area contributed by atoms with Crippen LogP contribution in [0.15, 0.2) is 59.7 Å². The van der Waals surface area contributed by atoms with Crippen molar-refractivity contribution in [1.82, 2.24) is 4.98 Å². The van der Waals surface area contributed by atoms with Crippen molar-refractivity contribution in [2.75, 3.05) is 24.8 Å². The smallest absolute Gasteiger partial charge is 0.259 e. The van der Waals surface area contributed by atoms with E-state index in [9.17, 15) is 9.59 Å². The summed E-state index contributed by atoms with van der Waals surface area (Å²) in [4.78, 5) is 33.9. The summed E-state index contributed by atoms with van der Waals surface area (Å²) in [6.07, 6.45) is 1.44. The third kappa shape index (κ3) is 5.12. The van der Waals surface area contributed by atoms with Gasteiger partial charge in [0, 0.05) is 24.4 Å². The number of methoxy groups -OCH3 is 1. The number of nitrogens with zero attached hydrogens (tertiary/aromatic N) is 2. The van der Waals surface area contributed by atoms with E-state index in [4.69, 9.17) is 18.3 Å². The molecule has 0 bridgehead atoms. The van der Waals surface area contributed by atoms with Gasteiger partial charge in [-0.1, -0.05) is 23.7 Å². The number of aliphatic imine (C=N–C) groups is 1. The molecular weight excluding hydrogens is 405 g/mol. The summed E-state index contributed by atoms with van der Waals surface area (Å²) in [6, 6.07) is 13.3. The Balaban J connectivity index is 1.91. The van der Waals surface area contributed by atoms with Gasteiger partial charge in [0.05, 0.1) is 18.4 Å². The molecule has 0 aliphatic rings. The lowest BCUT2D eigenvalue weighted by Gasteiger charge is -2.16. The topological polar surface area (TPSA) is 119 Å². The molecule has 0 spiro atoms. The molecule has 9 heteroatoms. The Bertz CT molecular complexity index is 1180. The molecule has 0 aliphatic carbocycles. The Morgan fingerprint density at radius 3 is 2.31 bits per heavy atom. The average Bonchev–Trinajstić information content (AvgIpc) is 2.80. The summed E-state index contributed by atoms with van der Waals surface area (Å²) in [5, 5.41) is 5.49. The Labute approximate surface area is 187 Å². The van der Waals surface area contributed by atoms with E-state index in [2.05, 4.69) is 20.6 Å². The Morgan fingerprint density at radius 2 is 1.72 bits per heavy atom. The Hall–Kier alpha value is -4.14. The molecule has 8 nitrogen and oxygen atoms in total. The molecule has 2 amide bonds. The molecule has 160 valence electrons. The number of carbonyl (C=O) groups excluding carboxylic acids is 2. The van der Waals surface area contributed by atoms with Crippen molar-refractivity contribution < 1.29 is 14.3 Å². The molecule has 0 saturated carbocycles. The number of amides is 2. The van der Waals surface area contributed by atoms with E-state index < -0.39 is 11.8 Å². The van der Waals surface area contributed by atoms with Crippen LogP contribution in [0.5, 0.6) is 5.75 Å². The summed E-state index contributed by atoms with van der Waals surface area (Å²) >= 11 is 0. The predicted molar refractivity (Wildman–Crippen MR) is 126 cm³/mol. The summed E-state index contributed by atoms with van der Waals surface area (Å²) in [5.74, 6) is 0.181. The molecule has 1 heterocycles. The molecule has 0 unspecified atom stereocenters. The maximum atomic E-state index is 13.0. The SMILES string of the molecule is [B]c1ccc(NC(=O)c2cc(C)cc(OC)c2NC(=O)c2ccc(C(N)=NC)cc2)nc1. The van der Waals surface area contributed by atoms with Crippen molar-refractivity contribution >= 4 is 42.5 Å². The monoisotopic (exact) mass is 427 g/mol. The molecule has 3 aromatic rings. The minimum atomic E-state index is -0.457. The van der Waals surface area contributed by atoms with Crippen LogP contribution in [-0.2, 0) is 0 Å². The van der Waals surface area contributed by atoms with E-state index in [0.717, 1.165) is 5.56 Å². The first kappa shape index (κ1) is 22.5. The standard InChI is InChI=1S/C23H22BN5O3/c1-13-10-17(23(31)28-19-9-8-16(24)12-27-19)20(18(11-13)32-3)29-22(30)15-6-4-14(5-7-15)21(25)26-2/h4-12H,1-3H3,(H2,25,26)(H,29,30)(H,27,28,31). The maximum Gasteiger partial charge on any atom is 0.259 e. The largest absolute Gasteiger partial charge is 0.495 e. The number of carbonyl (C=O) groups is 2. The second kappa shape index (κ2) is 9.78. The number of benzene rings is 2. The Morgan fingerprint density at radius 1 is 1.03 bits per heavy atom. The number of nitrogens with one attached hydrogen (secondary N) is 2. The number of rotatable bonds is 6. The number of amidine groups is 1. The van der Waals surface area contributed by atoms with Gasteiger partial charge in [0.15, 0.2) is 0 Å². The van der Waals surface area contributed by atoms with Crippen molar-refractivity contribution in [2.45, 2.75) is 6.92 Å². The van der Waals surface area contributed by atoms with Crippen LogP contribution in [0.3, 0.4) is 0 Å². The highest BCUT2D eigenvalue weighted by Gasteiger charge is 2.20. The molecule has 2 aromatic carbocycles. The van der Waals surface area contributed by atoms with Crippen molar-refractivity contribution in [3.05, 3.63) is 77.0 Å². The van der Waals surface area contributed by atoms with Gasteiger partial charge in [0.1, 0.15) is 25.2 Å². The van der Waals surface area contributed by atoms with E-state index >= 15 is 0 Å². The van der Waals surface area contributed by atoms with Gasteiger partial charge in [0.25, 0.3) is 11.8 Å². The number of hydrogen-bond donors (Lipinski definition) is 3. The first-order valence-corrected chi connectivity index (χ1v) is 9.68. The van der Waals surface area contributed by atoms with Crippen LogP contribution in [0.25, 0.3) is 0 Å². The van der Waals surface area contributed by atoms with Crippen LogP contribution in [0, 0.1) is 6.92 Å². The zero-order valence-corrected chi connectivity index (χ0v) is 18.0. The highest BCUT2D eigenvalue weighted by molar-refractivity contribution is 6.32. The number of aryl methyl sites for hydroxylation is 1. The van der Waals surface area contributed by atoms with Crippen molar-refractivity contribution in [1.29, 1.82) is 0 Å². The predicted octanol–water partition coefficient (Wildman–Crippen LogP) is 2.03. The molecule has 3 rings (SSSR count). The second-order valence-electron chi connectivity index (χ2n) is 6.96. The minimum absolute atomic E-state index is 0.229. The number of aromatic nitrogens is 1. The first-order valence-electron chi connectivity index (χ1n) is 9.68. The van der Waals surface area contributed by atoms with E-state index in [1.807, 2.05) is 6.92 Å². The van der Waals surface area contributed by atoms with Crippen LogP contribution >= 0.6 is 0 Å².